The topological polar surface area (TPSA) is 69.6 Å². The Morgan fingerprint density at radius 3 is 2.43 bits per heavy atom. The van der Waals surface area contributed by atoms with E-state index in [0.29, 0.717) is 42.3 Å². The van der Waals surface area contributed by atoms with Crippen molar-refractivity contribution in [1.82, 2.24) is 10.2 Å². The van der Waals surface area contributed by atoms with Crippen LogP contribution in [0.4, 0.5) is 4.79 Å². The Labute approximate surface area is 145 Å². The largest absolute Gasteiger partial charge is 0.481 e. The van der Waals surface area contributed by atoms with Gasteiger partial charge in [-0.3, -0.25) is 4.79 Å². The standard InChI is InChI=1S/C16H20Cl2N2O3/c1-20(9-10-2-7-13(17)14(18)8-10)16(23)19-12-5-3-11(4-6-12)15(21)22/h2,7-8,11-12H,3-6,9H2,1H3,(H,19,23)(H,21,22). The molecule has 2 amide bonds. The SMILES string of the molecule is CN(Cc1ccc(Cl)c(Cl)c1)C(=O)NC1CCC(C(=O)O)CC1. The summed E-state index contributed by atoms with van der Waals surface area (Å²) in [6, 6.07) is 5.14. The summed E-state index contributed by atoms with van der Waals surface area (Å²) in [4.78, 5) is 24.7. The van der Waals surface area contributed by atoms with Crippen LogP contribution in [0, 0.1) is 5.92 Å². The molecule has 1 fully saturated rings. The van der Waals surface area contributed by atoms with Crippen LogP contribution in [-0.2, 0) is 11.3 Å². The van der Waals surface area contributed by atoms with Crippen LogP contribution < -0.4 is 5.32 Å². The number of nitrogens with one attached hydrogen (secondary N) is 1. The van der Waals surface area contributed by atoms with Crippen LogP contribution in [0.5, 0.6) is 0 Å². The number of hydrogen-bond acceptors (Lipinski definition) is 2. The van der Waals surface area contributed by atoms with E-state index in [0.717, 1.165) is 5.56 Å². The number of urea groups is 1. The lowest BCUT2D eigenvalue weighted by Crippen LogP contribution is -2.44. The molecule has 0 atom stereocenters. The smallest absolute Gasteiger partial charge is 0.317 e. The Balaban J connectivity index is 1.83. The Morgan fingerprint density at radius 1 is 1.22 bits per heavy atom. The third kappa shape index (κ3) is 5.01. The van der Waals surface area contributed by atoms with Gasteiger partial charge in [-0.25, -0.2) is 4.79 Å². The lowest BCUT2D eigenvalue weighted by molar-refractivity contribution is -0.142. The van der Waals surface area contributed by atoms with Crippen molar-refractivity contribution in [3.63, 3.8) is 0 Å². The van der Waals surface area contributed by atoms with Gasteiger partial charge in [0.25, 0.3) is 0 Å². The van der Waals surface area contributed by atoms with Gasteiger partial charge in [-0.05, 0) is 43.4 Å². The van der Waals surface area contributed by atoms with Crippen molar-refractivity contribution < 1.29 is 14.7 Å². The molecule has 5 nitrogen and oxygen atoms in total. The summed E-state index contributed by atoms with van der Waals surface area (Å²) in [6.07, 6.45) is 2.61. The van der Waals surface area contributed by atoms with Crippen molar-refractivity contribution in [2.75, 3.05) is 7.05 Å². The highest BCUT2D eigenvalue weighted by molar-refractivity contribution is 6.42. The molecule has 1 saturated carbocycles. The molecule has 0 bridgehead atoms. The Kier molecular flexibility index (Phi) is 6.13. The fourth-order valence-electron chi connectivity index (χ4n) is 2.75. The number of carbonyl (C=O) groups is 2. The molecule has 7 heteroatoms. The van der Waals surface area contributed by atoms with Gasteiger partial charge in [0, 0.05) is 19.6 Å². The van der Waals surface area contributed by atoms with Crippen molar-refractivity contribution in [3.05, 3.63) is 33.8 Å². The summed E-state index contributed by atoms with van der Waals surface area (Å²) in [5.74, 6) is -1.02. The first-order chi connectivity index (χ1) is 10.9. The zero-order valence-electron chi connectivity index (χ0n) is 12.9. The first-order valence-corrected chi connectivity index (χ1v) is 8.30. The lowest BCUT2D eigenvalue weighted by atomic mass is 9.86. The summed E-state index contributed by atoms with van der Waals surface area (Å²) in [7, 11) is 1.71. The number of benzene rings is 1. The summed E-state index contributed by atoms with van der Waals surface area (Å²) in [5.41, 5.74) is 0.895. The van der Waals surface area contributed by atoms with E-state index in [9.17, 15) is 9.59 Å². The van der Waals surface area contributed by atoms with Crippen molar-refractivity contribution in [2.24, 2.45) is 5.92 Å². The number of carboxylic acid groups (broad SMARTS) is 1. The highest BCUT2D eigenvalue weighted by Gasteiger charge is 2.27. The molecule has 0 heterocycles. The second-order valence-corrected chi connectivity index (χ2v) is 6.76. The quantitative estimate of drug-likeness (QED) is 0.860. The fourth-order valence-corrected chi connectivity index (χ4v) is 3.07. The minimum absolute atomic E-state index is 0.0364. The number of amides is 2. The van der Waals surface area contributed by atoms with E-state index < -0.39 is 5.97 Å². The van der Waals surface area contributed by atoms with Crippen molar-refractivity contribution in [2.45, 2.75) is 38.3 Å². The molecular formula is C16H20Cl2N2O3. The monoisotopic (exact) mass is 358 g/mol. The average Bonchev–Trinajstić information content (AvgIpc) is 2.51. The molecule has 0 aromatic heterocycles. The zero-order valence-corrected chi connectivity index (χ0v) is 14.4. The molecule has 1 aromatic carbocycles. The Hall–Kier alpha value is -1.46. The van der Waals surface area contributed by atoms with E-state index in [-0.39, 0.29) is 18.0 Å². The highest BCUT2D eigenvalue weighted by Crippen LogP contribution is 2.25. The summed E-state index contributed by atoms with van der Waals surface area (Å²) >= 11 is 11.8. The van der Waals surface area contributed by atoms with E-state index in [1.165, 1.54) is 0 Å². The molecule has 0 saturated heterocycles. The van der Waals surface area contributed by atoms with Crippen LogP contribution >= 0.6 is 23.2 Å². The summed E-state index contributed by atoms with van der Waals surface area (Å²) in [6.45, 7) is 0.424. The molecule has 0 radical (unpaired) electrons. The molecule has 0 unspecified atom stereocenters. The van der Waals surface area contributed by atoms with Gasteiger partial charge in [0.2, 0.25) is 0 Å². The zero-order chi connectivity index (χ0) is 17.0. The summed E-state index contributed by atoms with van der Waals surface area (Å²) < 4.78 is 0. The number of hydrogen-bond donors (Lipinski definition) is 2. The third-order valence-corrected chi connectivity index (χ3v) is 4.89. The first-order valence-electron chi connectivity index (χ1n) is 7.55. The highest BCUT2D eigenvalue weighted by atomic mass is 35.5. The number of rotatable bonds is 4. The van der Waals surface area contributed by atoms with Crippen molar-refractivity contribution in [1.29, 1.82) is 0 Å². The molecule has 1 aliphatic rings. The fraction of sp³-hybridized carbons (Fsp3) is 0.500. The van der Waals surface area contributed by atoms with Crippen LogP contribution in [0.1, 0.15) is 31.2 Å². The predicted octanol–water partition coefficient (Wildman–Crippen LogP) is 3.78. The van der Waals surface area contributed by atoms with E-state index in [4.69, 9.17) is 28.3 Å². The van der Waals surface area contributed by atoms with Gasteiger partial charge >= 0.3 is 12.0 Å². The van der Waals surface area contributed by atoms with Gasteiger partial charge in [-0.1, -0.05) is 29.3 Å². The van der Waals surface area contributed by atoms with Crippen LogP contribution in [-0.4, -0.2) is 35.1 Å². The molecule has 1 aromatic rings. The predicted molar refractivity (Wildman–Crippen MR) is 89.8 cm³/mol. The maximum atomic E-state index is 12.2. The Morgan fingerprint density at radius 2 is 1.87 bits per heavy atom. The van der Waals surface area contributed by atoms with Crippen LogP contribution in [0.25, 0.3) is 0 Å². The molecule has 2 rings (SSSR count). The van der Waals surface area contributed by atoms with Crippen LogP contribution in [0.2, 0.25) is 10.0 Å². The molecule has 0 spiro atoms. The van der Waals surface area contributed by atoms with E-state index in [1.807, 2.05) is 6.07 Å². The normalized spacial score (nSPS) is 20.8. The van der Waals surface area contributed by atoms with Gasteiger partial charge in [-0.15, -0.1) is 0 Å². The van der Waals surface area contributed by atoms with Gasteiger partial charge in [0.05, 0.1) is 16.0 Å². The minimum atomic E-state index is -0.744. The molecule has 23 heavy (non-hydrogen) atoms. The Bertz CT molecular complexity index is 587. The number of carbonyl (C=O) groups excluding carboxylic acids is 1. The third-order valence-electron chi connectivity index (χ3n) is 4.15. The van der Waals surface area contributed by atoms with Crippen LogP contribution in [0.15, 0.2) is 18.2 Å². The number of aliphatic carboxylic acids is 1. The van der Waals surface area contributed by atoms with E-state index >= 15 is 0 Å². The molecular weight excluding hydrogens is 339 g/mol. The molecule has 1 aliphatic carbocycles. The van der Waals surface area contributed by atoms with Crippen LogP contribution in [0.3, 0.4) is 0 Å². The first kappa shape index (κ1) is 17.9. The van der Waals surface area contributed by atoms with Crippen molar-refractivity contribution in [3.8, 4) is 0 Å². The van der Waals surface area contributed by atoms with E-state index in [2.05, 4.69) is 5.32 Å². The molecule has 0 aliphatic heterocycles. The number of carboxylic acids is 1. The van der Waals surface area contributed by atoms with Gasteiger partial charge in [0.1, 0.15) is 0 Å². The maximum absolute atomic E-state index is 12.2. The second-order valence-electron chi connectivity index (χ2n) is 5.94. The lowest BCUT2D eigenvalue weighted by Gasteiger charge is -2.29. The average molecular weight is 359 g/mol. The van der Waals surface area contributed by atoms with E-state index in [1.54, 1.807) is 24.1 Å². The maximum Gasteiger partial charge on any atom is 0.317 e. The summed E-state index contributed by atoms with van der Waals surface area (Å²) in [5, 5.41) is 12.9. The number of halogens is 2. The number of nitrogens with zero attached hydrogens (tertiary/aromatic N) is 1. The van der Waals surface area contributed by atoms with Crippen molar-refractivity contribution >= 4 is 35.2 Å². The van der Waals surface area contributed by atoms with Gasteiger partial charge < -0.3 is 15.3 Å². The van der Waals surface area contributed by atoms with Gasteiger partial charge in [0.15, 0.2) is 0 Å². The molecule has 126 valence electrons. The second kappa shape index (κ2) is 7.88. The van der Waals surface area contributed by atoms with Gasteiger partial charge in [-0.2, -0.15) is 0 Å². The minimum Gasteiger partial charge on any atom is -0.481 e. The molecule has 2 N–H and O–H groups in total.